The van der Waals surface area contributed by atoms with Gasteiger partial charge in [0.25, 0.3) is 0 Å². The first-order valence-electron chi connectivity index (χ1n) is 6.28. The Bertz CT molecular complexity index is 528. The van der Waals surface area contributed by atoms with E-state index in [1.54, 1.807) is 25.3 Å². The lowest BCUT2D eigenvalue weighted by Crippen LogP contribution is -2.26. The third kappa shape index (κ3) is 2.68. The number of amides is 1. The molecule has 0 saturated carbocycles. The van der Waals surface area contributed by atoms with Gasteiger partial charge in [0.2, 0.25) is 5.91 Å². The molecule has 0 aromatic heterocycles. The van der Waals surface area contributed by atoms with Crippen molar-refractivity contribution in [1.82, 2.24) is 5.32 Å². The number of aliphatic carboxylic acids is 1. The van der Waals surface area contributed by atoms with Crippen LogP contribution >= 0.6 is 0 Å². The summed E-state index contributed by atoms with van der Waals surface area (Å²) in [4.78, 5) is 22.9. The first kappa shape index (κ1) is 14.2. The van der Waals surface area contributed by atoms with Crippen LogP contribution in [0.1, 0.15) is 5.56 Å². The van der Waals surface area contributed by atoms with Crippen molar-refractivity contribution in [2.45, 2.75) is 6.42 Å². The Morgan fingerprint density at radius 1 is 1.40 bits per heavy atom. The number of carbonyl (C=O) groups excluding carboxylic acids is 1. The molecule has 1 heterocycles. The van der Waals surface area contributed by atoms with Gasteiger partial charge in [-0.1, -0.05) is 6.07 Å². The van der Waals surface area contributed by atoms with Crippen molar-refractivity contribution in [3.8, 4) is 11.5 Å². The van der Waals surface area contributed by atoms with Gasteiger partial charge in [-0.25, -0.2) is 0 Å². The Hall–Kier alpha value is -2.24. The van der Waals surface area contributed by atoms with E-state index in [1.807, 2.05) is 0 Å². The number of carboxylic acid groups (broad SMARTS) is 1. The van der Waals surface area contributed by atoms with E-state index in [9.17, 15) is 9.59 Å². The van der Waals surface area contributed by atoms with E-state index >= 15 is 0 Å². The lowest BCUT2D eigenvalue weighted by atomic mass is 9.89. The maximum atomic E-state index is 11.8. The van der Waals surface area contributed by atoms with Crippen molar-refractivity contribution in [3.05, 3.63) is 23.8 Å². The van der Waals surface area contributed by atoms with Crippen molar-refractivity contribution in [1.29, 1.82) is 0 Å². The van der Waals surface area contributed by atoms with Crippen LogP contribution in [0, 0.1) is 11.8 Å². The zero-order chi connectivity index (χ0) is 14.7. The first-order chi connectivity index (χ1) is 9.56. The molecule has 2 N–H and O–H groups in total. The fourth-order valence-electron chi connectivity index (χ4n) is 2.42. The molecule has 2 atom stereocenters. The molecule has 0 aliphatic carbocycles. The van der Waals surface area contributed by atoms with Gasteiger partial charge < -0.3 is 19.9 Å². The van der Waals surface area contributed by atoms with Gasteiger partial charge in [0, 0.05) is 12.6 Å². The summed E-state index contributed by atoms with van der Waals surface area (Å²) in [6.45, 7) is 0.178. The van der Waals surface area contributed by atoms with Gasteiger partial charge in [-0.2, -0.15) is 0 Å². The highest BCUT2D eigenvalue weighted by molar-refractivity contribution is 5.88. The second-order valence-electron chi connectivity index (χ2n) is 4.68. The van der Waals surface area contributed by atoms with E-state index in [4.69, 9.17) is 14.6 Å². The molecule has 0 spiro atoms. The van der Waals surface area contributed by atoms with Crippen molar-refractivity contribution in [2.75, 3.05) is 20.8 Å². The van der Waals surface area contributed by atoms with Crippen LogP contribution in [0.4, 0.5) is 0 Å². The fraction of sp³-hybridized carbons (Fsp3) is 0.429. The monoisotopic (exact) mass is 279 g/mol. The molecule has 108 valence electrons. The van der Waals surface area contributed by atoms with Crippen molar-refractivity contribution >= 4 is 11.9 Å². The smallest absolute Gasteiger partial charge is 0.309 e. The summed E-state index contributed by atoms with van der Waals surface area (Å²) in [5, 5.41) is 11.7. The predicted octanol–water partition coefficient (Wildman–Crippen LogP) is 0.693. The molecule has 2 unspecified atom stereocenters. The number of carboxylic acids is 1. The number of hydrogen-bond acceptors (Lipinski definition) is 4. The number of methoxy groups -OCH3 is 2. The van der Waals surface area contributed by atoms with E-state index in [0.29, 0.717) is 17.9 Å². The lowest BCUT2D eigenvalue weighted by molar-refractivity contribution is -0.143. The molecule has 1 aromatic rings. The number of rotatable bonds is 5. The van der Waals surface area contributed by atoms with Gasteiger partial charge in [0.15, 0.2) is 0 Å². The highest BCUT2D eigenvalue weighted by Gasteiger charge is 2.39. The van der Waals surface area contributed by atoms with Crippen molar-refractivity contribution < 1.29 is 24.2 Å². The van der Waals surface area contributed by atoms with Crippen LogP contribution in [0.15, 0.2) is 18.2 Å². The number of nitrogens with one attached hydrogen (secondary N) is 1. The van der Waals surface area contributed by atoms with E-state index in [-0.39, 0.29) is 12.5 Å². The summed E-state index contributed by atoms with van der Waals surface area (Å²) in [7, 11) is 3.08. The van der Waals surface area contributed by atoms with Crippen LogP contribution in [0.5, 0.6) is 11.5 Å². The minimum atomic E-state index is -0.958. The van der Waals surface area contributed by atoms with Gasteiger partial charge in [0.05, 0.1) is 26.1 Å². The Morgan fingerprint density at radius 2 is 2.15 bits per heavy atom. The quantitative estimate of drug-likeness (QED) is 0.828. The lowest BCUT2D eigenvalue weighted by Gasteiger charge is -2.15. The minimum absolute atomic E-state index is 0.178. The molecule has 6 heteroatoms. The van der Waals surface area contributed by atoms with Crippen LogP contribution in [-0.2, 0) is 16.0 Å². The van der Waals surface area contributed by atoms with Crippen LogP contribution in [0.2, 0.25) is 0 Å². The summed E-state index contributed by atoms with van der Waals surface area (Å²) < 4.78 is 10.4. The fourth-order valence-corrected chi connectivity index (χ4v) is 2.42. The number of hydrogen-bond donors (Lipinski definition) is 2. The zero-order valence-corrected chi connectivity index (χ0v) is 11.4. The molecule has 1 aromatic carbocycles. The maximum Gasteiger partial charge on any atom is 0.309 e. The SMILES string of the molecule is COc1ccc(CC2C(=O)NCC2C(=O)O)c(OC)c1. The normalized spacial score (nSPS) is 21.4. The summed E-state index contributed by atoms with van der Waals surface area (Å²) in [6.07, 6.45) is 0.329. The number of carbonyl (C=O) groups is 2. The van der Waals surface area contributed by atoms with Gasteiger partial charge in [-0.15, -0.1) is 0 Å². The molecule has 0 radical (unpaired) electrons. The standard InChI is InChI=1S/C14H17NO5/c1-19-9-4-3-8(12(6-9)20-2)5-10-11(14(17)18)7-15-13(10)16/h3-4,6,10-11H,5,7H2,1-2H3,(H,15,16)(H,17,18). The van der Waals surface area contributed by atoms with Crippen molar-refractivity contribution in [2.24, 2.45) is 11.8 Å². The summed E-state index contributed by atoms with van der Waals surface area (Å²) in [5.74, 6) is -1.22. The van der Waals surface area contributed by atoms with Crippen molar-refractivity contribution in [3.63, 3.8) is 0 Å². The summed E-state index contributed by atoms with van der Waals surface area (Å²) in [5.41, 5.74) is 0.793. The van der Waals surface area contributed by atoms with Crippen LogP contribution in [0.3, 0.4) is 0 Å². The molecular formula is C14H17NO5. The highest BCUT2D eigenvalue weighted by atomic mass is 16.5. The molecule has 1 amide bonds. The Labute approximate surface area is 116 Å². The average Bonchev–Trinajstić information content (AvgIpc) is 2.81. The molecule has 20 heavy (non-hydrogen) atoms. The highest BCUT2D eigenvalue weighted by Crippen LogP contribution is 2.30. The maximum absolute atomic E-state index is 11.8. The van der Waals surface area contributed by atoms with Gasteiger partial charge in [0.1, 0.15) is 11.5 Å². The molecule has 1 fully saturated rings. The molecule has 2 rings (SSSR count). The molecule has 6 nitrogen and oxygen atoms in total. The average molecular weight is 279 g/mol. The molecule has 1 saturated heterocycles. The zero-order valence-electron chi connectivity index (χ0n) is 11.4. The number of benzene rings is 1. The topological polar surface area (TPSA) is 84.9 Å². The van der Waals surface area contributed by atoms with Gasteiger partial charge in [-0.05, 0) is 18.1 Å². The van der Waals surface area contributed by atoms with Crippen LogP contribution in [-0.4, -0.2) is 37.7 Å². The van der Waals surface area contributed by atoms with Crippen LogP contribution in [0.25, 0.3) is 0 Å². The Morgan fingerprint density at radius 3 is 2.75 bits per heavy atom. The Kier molecular flexibility index (Phi) is 4.12. The van der Waals surface area contributed by atoms with Gasteiger partial charge >= 0.3 is 5.97 Å². The molecular weight excluding hydrogens is 262 g/mol. The second-order valence-corrected chi connectivity index (χ2v) is 4.68. The molecule has 0 bridgehead atoms. The third-order valence-electron chi connectivity index (χ3n) is 3.57. The van der Waals surface area contributed by atoms with E-state index in [0.717, 1.165) is 5.56 Å². The number of ether oxygens (including phenoxy) is 2. The van der Waals surface area contributed by atoms with Crippen LogP contribution < -0.4 is 14.8 Å². The van der Waals surface area contributed by atoms with Gasteiger partial charge in [-0.3, -0.25) is 9.59 Å². The van der Waals surface area contributed by atoms with E-state index in [1.165, 1.54) is 7.11 Å². The Balaban J connectivity index is 2.24. The predicted molar refractivity (Wildman–Crippen MR) is 70.9 cm³/mol. The minimum Gasteiger partial charge on any atom is -0.497 e. The molecule has 1 aliphatic rings. The first-order valence-corrected chi connectivity index (χ1v) is 6.28. The summed E-state index contributed by atoms with van der Waals surface area (Å²) >= 11 is 0. The summed E-state index contributed by atoms with van der Waals surface area (Å²) in [6, 6.07) is 5.28. The van der Waals surface area contributed by atoms with E-state index < -0.39 is 17.8 Å². The third-order valence-corrected chi connectivity index (χ3v) is 3.57. The largest absolute Gasteiger partial charge is 0.497 e. The van der Waals surface area contributed by atoms with E-state index in [2.05, 4.69) is 5.32 Å². The molecule has 1 aliphatic heterocycles. The second kappa shape index (κ2) is 5.81.